The number of benzene rings is 1. The van der Waals surface area contributed by atoms with E-state index in [-0.39, 0.29) is 6.04 Å². The van der Waals surface area contributed by atoms with Crippen molar-refractivity contribution in [1.29, 1.82) is 0 Å². The Bertz CT molecular complexity index is 339. The van der Waals surface area contributed by atoms with Gasteiger partial charge in [0.1, 0.15) is 0 Å². The van der Waals surface area contributed by atoms with Gasteiger partial charge in [-0.25, -0.2) is 0 Å². The predicted octanol–water partition coefficient (Wildman–Crippen LogP) is 2.82. The number of hydrogen-bond donors (Lipinski definition) is 2. The first-order valence-corrected chi connectivity index (χ1v) is 6.71. The van der Waals surface area contributed by atoms with Gasteiger partial charge >= 0.3 is 0 Å². The lowest BCUT2D eigenvalue weighted by Gasteiger charge is -2.17. The molecule has 18 heavy (non-hydrogen) atoms. The maximum Gasteiger partial charge on any atom is 0.0462 e. The molecule has 1 aromatic carbocycles. The second-order valence-corrected chi connectivity index (χ2v) is 5.20. The molecule has 3 nitrogen and oxygen atoms in total. The van der Waals surface area contributed by atoms with Crippen molar-refractivity contribution in [2.24, 2.45) is 11.8 Å². The van der Waals surface area contributed by atoms with Crippen molar-refractivity contribution in [1.82, 2.24) is 5.43 Å². The summed E-state index contributed by atoms with van der Waals surface area (Å²) >= 11 is 0. The van der Waals surface area contributed by atoms with Crippen LogP contribution in [0.2, 0.25) is 0 Å². The van der Waals surface area contributed by atoms with Gasteiger partial charge in [0.15, 0.2) is 0 Å². The van der Waals surface area contributed by atoms with Crippen LogP contribution in [0.3, 0.4) is 0 Å². The van der Waals surface area contributed by atoms with Gasteiger partial charge in [-0.2, -0.15) is 0 Å². The van der Waals surface area contributed by atoms with Crippen LogP contribution in [0.1, 0.15) is 43.9 Å². The maximum absolute atomic E-state index is 5.65. The van der Waals surface area contributed by atoms with E-state index in [1.54, 1.807) is 7.11 Å². The summed E-state index contributed by atoms with van der Waals surface area (Å²) in [5.41, 5.74) is 5.56. The van der Waals surface area contributed by atoms with Crippen LogP contribution < -0.4 is 11.3 Å². The Morgan fingerprint density at radius 3 is 2.72 bits per heavy atom. The molecule has 1 rings (SSSR count). The second-order valence-electron chi connectivity index (χ2n) is 5.20. The molecule has 0 aliphatic heterocycles. The minimum absolute atomic E-state index is 0.215. The van der Waals surface area contributed by atoms with Crippen molar-refractivity contribution in [3.8, 4) is 0 Å². The van der Waals surface area contributed by atoms with Crippen LogP contribution in [0.5, 0.6) is 0 Å². The van der Waals surface area contributed by atoms with Gasteiger partial charge in [0, 0.05) is 19.8 Å². The van der Waals surface area contributed by atoms with Gasteiger partial charge in [0.2, 0.25) is 0 Å². The molecule has 0 bridgehead atoms. The predicted molar refractivity (Wildman–Crippen MR) is 76.2 cm³/mol. The Morgan fingerprint density at radius 1 is 1.33 bits per heavy atom. The largest absolute Gasteiger partial charge is 0.385 e. The zero-order chi connectivity index (χ0) is 13.4. The summed E-state index contributed by atoms with van der Waals surface area (Å²) in [6.07, 6.45) is 3.12. The molecule has 0 radical (unpaired) electrons. The summed E-state index contributed by atoms with van der Waals surface area (Å²) in [6, 6.07) is 8.92. The van der Waals surface area contributed by atoms with Crippen LogP contribution in [-0.2, 0) is 11.2 Å². The zero-order valence-corrected chi connectivity index (χ0v) is 11.8. The molecule has 0 heterocycles. The van der Waals surface area contributed by atoms with Crippen LogP contribution in [0.15, 0.2) is 24.3 Å². The highest BCUT2D eigenvalue weighted by Gasteiger charge is 2.10. The van der Waals surface area contributed by atoms with E-state index in [0.717, 1.165) is 25.9 Å². The fourth-order valence-electron chi connectivity index (χ4n) is 2.19. The fourth-order valence-corrected chi connectivity index (χ4v) is 2.19. The highest BCUT2D eigenvalue weighted by Crippen LogP contribution is 2.20. The van der Waals surface area contributed by atoms with Crippen LogP contribution >= 0.6 is 0 Å². The Balaban J connectivity index is 2.66. The molecule has 1 unspecified atom stereocenters. The van der Waals surface area contributed by atoms with Crippen LogP contribution in [0.4, 0.5) is 0 Å². The molecule has 0 amide bonds. The monoisotopic (exact) mass is 250 g/mol. The van der Waals surface area contributed by atoms with Crippen molar-refractivity contribution in [3.63, 3.8) is 0 Å². The number of rotatable bonds is 8. The van der Waals surface area contributed by atoms with E-state index in [1.807, 2.05) is 0 Å². The normalized spacial score (nSPS) is 12.9. The Labute approximate surface area is 111 Å². The topological polar surface area (TPSA) is 47.3 Å². The molecule has 1 atom stereocenters. The molecular formula is C15H26N2O. The van der Waals surface area contributed by atoms with E-state index >= 15 is 0 Å². The highest BCUT2D eigenvalue weighted by molar-refractivity contribution is 5.26. The maximum atomic E-state index is 5.65. The van der Waals surface area contributed by atoms with E-state index in [9.17, 15) is 0 Å². The van der Waals surface area contributed by atoms with E-state index in [0.29, 0.717) is 5.92 Å². The summed E-state index contributed by atoms with van der Waals surface area (Å²) in [7, 11) is 1.73. The first-order valence-electron chi connectivity index (χ1n) is 6.71. The fraction of sp³-hybridized carbons (Fsp3) is 0.600. The third kappa shape index (κ3) is 5.17. The molecular weight excluding hydrogens is 224 g/mol. The summed E-state index contributed by atoms with van der Waals surface area (Å²) in [5, 5.41) is 0. The van der Waals surface area contributed by atoms with E-state index < -0.39 is 0 Å². The van der Waals surface area contributed by atoms with E-state index in [1.165, 1.54) is 11.1 Å². The number of nitrogens with one attached hydrogen (secondary N) is 1. The van der Waals surface area contributed by atoms with Gasteiger partial charge in [0.25, 0.3) is 0 Å². The first kappa shape index (κ1) is 15.2. The quantitative estimate of drug-likeness (QED) is 0.424. The number of hydrazine groups is 1. The SMILES string of the molecule is COCCCC(NN)c1cccc(CC(C)C)c1. The van der Waals surface area contributed by atoms with Crippen molar-refractivity contribution in [2.75, 3.05) is 13.7 Å². The van der Waals surface area contributed by atoms with Crippen LogP contribution in [0.25, 0.3) is 0 Å². The van der Waals surface area contributed by atoms with Gasteiger partial charge in [-0.3, -0.25) is 11.3 Å². The molecule has 0 saturated heterocycles. The number of nitrogens with two attached hydrogens (primary N) is 1. The van der Waals surface area contributed by atoms with Crippen molar-refractivity contribution >= 4 is 0 Å². The molecule has 3 N–H and O–H groups in total. The number of hydrogen-bond acceptors (Lipinski definition) is 3. The zero-order valence-electron chi connectivity index (χ0n) is 11.8. The average Bonchev–Trinajstić information content (AvgIpc) is 2.34. The smallest absolute Gasteiger partial charge is 0.0462 e. The summed E-state index contributed by atoms with van der Waals surface area (Å²) in [4.78, 5) is 0. The lowest BCUT2D eigenvalue weighted by atomic mass is 9.96. The molecule has 0 saturated carbocycles. The molecule has 3 heteroatoms. The summed E-state index contributed by atoms with van der Waals surface area (Å²) in [5.74, 6) is 6.33. The van der Waals surface area contributed by atoms with Gasteiger partial charge in [-0.1, -0.05) is 38.1 Å². The minimum Gasteiger partial charge on any atom is -0.385 e. The molecule has 0 aromatic heterocycles. The number of ether oxygens (including phenoxy) is 1. The lowest BCUT2D eigenvalue weighted by molar-refractivity contribution is 0.189. The van der Waals surface area contributed by atoms with Crippen molar-refractivity contribution in [2.45, 2.75) is 39.2 Å². The molecule has 1 aromatic rings. The van der Waals surface area contributed by atoms with Gasteiger partial charge < -0.3 is 4.74 Å². The molecule has 0 aliphatic carbocycles. The summed E-state index contributed by atoms with van der Waals surface area (Å²) in [6.45, 7) is 5.26. The van der Waals surface area contributed by atoms with Gasteiger partial charge in [0.05, 0.1) is 0 Å². The lowest BCUT2D eigenvalue weighted by Crippen LogP contribution is -2.28. The molecule has 0 aliphatic rings. The Morgan fingerprint density at radius 2 is 2.11 bits per heavy atom. The Hall–Kier alpha value is -0.900. The number of methoxy groups -OCH3 is 1. The Kier molecular flexibility index (Phi) is 6.94. The minimum atomic E-state index is 0.215. The second kappa shape index (κ2) is 8.25. The van der Waals surface area contributed by atoms with E-state index in [2.05, 4.69) is 43.5 Å². The summed E-state index contributed by atoms with van der Waals surface area (Å²) < 4.78 is 5.08. The van der Waals surface area contributed by atoms with Crippen LogP contribution in [-0.4, -0.2) is 13.7 Å². The van der Waals surface area contributed by atoms with Gasteiger partial charge in [-0.05, 0) is 36.3 Å². The van der Waals surface area contributed by atoms with Crippen molar-refractivity contribution in [3.05, 3.63) is 35.4 Å². The average molecular weight is 250 g/mol. The standard InChI is InChI=1S/C15H26N2O/c1-12(2)10-13-6-4-7-14(11-13)15(17-16)8-5-9-18-3/h4,6-7,11-12,15,17H,5,8-10,16H2,1-3H3. The molecule has 0 spiro atoms. The molecule has 102 valence electrons. The van der Waals surface area contributed by atoms with Gasteiger partial charge in [-0.15, -0.1) is 0 Å². The third-order valence-electron chi connectivity index (χ3n) is 3.04. The van der Waals surface area contributed by atoms with Crippen molar-refractivity contribution < 1.29 is 4.74 Å². The highest BCUT2D eigenvalue weighted by atomic mass is 16.5. The van der Waals surface area contributed by atoms with E-state index in [4.69, 9.17) is 10.6 Å². The molecule has 0 fully saturated rings. The third-order valence-corrected chi connectivity index (χ3v) is 3.04. The van der Waals surface area contributed by atoms with Crippen LogP contribution in [0, 0.1) is 5.92 Å². The first-order chi connectivity index (χ1) is 8.67.